The number of rotatable bonds is 5. The van der Waals surface area contributed by atoms with E-state index >= 15 is 0 Å². The van der Waals surface area contributed by atoms with Crippen molar-refractivity contribution in [2.75, 3.05) is 6.26 Å². The summed E-state index contributed by atoms with van der Waals surface area (Å²) in [6.07, 6.45) is 1.82. The van der Waals surface area contributed by atoms with Crippen molar-refractivity contribution in [3.8, 4) is 0 Å². The molecule has 0 atom stereocenters. The van der Waals surface area contributed by atoms with E-state index in [2.05, 4.69) is 15.5 Å². The molecule has 4 rings (SSSR count). The predicted molar refractivity (Wildman–Crippen MR) is 98.8 cm³/mol. The van der Waals surface area contributed by atoms with Gasteiger partial charge in [0.25, 0.3) is 11.1 Å². The van der Waals surface area contributed by atoms with E-state index in [4.69, 9.17) is 4.42 Å². The average molecular weight is 380 g/mol. The van der Waals surface area contributed by atoms with Crippen molar-refractivity contribution in [2.24, 2.45) is 0 Å². The van der Waals surface area contributed by atoms with Crippen molar-refractivity contribution >= 4 is 23.7 Å². The van der Waals surface area contributed by atoms with Crippen molar-refractivity contribution in [2.45, 2.75) is 17.3 Å². The summed E-state index contributed by atoms with van der Waals surface area (Å²) in [7, 11) is 0. The van der Waals surface area contributed by atoms with Crippen LogP contribution in [0.3, 0.4) is 0 Å². The lowest BCUT2D eigenvalue weighted by molar-refractivity contribution is -0.125. The fourth-order valence-corrected chi connectivity index (χ4v) is 3.64. The van der Waals surface area contributed by atoms with Crippen LogP contribution in [0.25, 0.3) is 0 Å². The molecule has 0 aliphatic carbocycles. The average Bonchev–Trinajstić information content (AvgIpc) is 3.26. The minimum atomic E-state index is -1.31. The Kier molecular flexibility index (Phi) is 4.41. The standard InChI is InChI=1S/C19H16N4O3S/c1-27-18-22-21-15(26-18)12-23-17(25)20-16(24)19(23,13-8-4-2-5-9-13)14-10-6-3-7-11-14/h2-11H,12H2,1H3,(H,20,24,25). The summed E-state index contributed by atoms with van der Waals surface area (Å²) in [5.41, 5.74) is 0.0569. The number of carbonyl (C=O) groups is 2. The van der Waals surface area contributed by atoms with Crippen LogP contribution < -0.4 is 5.32 Å². The Morgan fingerprint density at radius 3 is 2.11 bits per heavy atom. The first kappa shape index (κ1) is 17.3. The number of amides is 3. The predicted octanol–water partition coefficient (Wildman–Crippen LogP) is 2.79. The van der Waals surface area contributed by atoms with Crippen LogP contribution in [0.1, 0.15) is 17.0 Å². The molecule has 1 aliphatic rings. The molecule has 1 aromatic heterocycles. The summed E-state index contributed by atoms with van der Waals surface area (Å²) < 4.78 is 5.55. The lowest BCUT2D eigenvalue weighted by atomic mass is 9.81. The van der Waals surface area contributed by atoms with Gasteiger partial charge in [0, 0.05) is 0 Å². The van der Waals surface area contributed by atoms with E-state index in [1.165, 1.54) is 16.7 Å². The van der Waals surface area contributed by atoms with Crippen molar-refractivity contribution in [3.63, 3.8) is 0 Å². The number of nitrogens with zero attached hydrogens (tertiary/aromatic N) is 3. The first-order valence-corrected chi connectivity index (χ1v) is 9.49. The Morgan fingerprint density at radius 1 is 1.00 bits per heavy atom. The molecule has 1 fully saturated rings. The molecule has 2 heterocycles. The highest BCUT2D eigenvalue weighted by Gasteiger charge is 2.55. The van der Waals surface area contributed by atoms with Gasteiger partial charge in [0.1, 0.15) is 6.54 Å². The fourth-order valence-electron chi connectivity index (χ4n) is 3.34. The Bertz CT molecular complexity index is 935. The second kappa shape index (κ2) is 6.88. The van der Waals surface area contributed by atoms with E-state index < -0.39 is 17.5 Å². The first-order valence-electron chi connectivity index (χ1n) is 8.26. The zero-order valence-corrected chi connectivity index (χ0v) is 15.3. The molecule has 0 spiro atoms. The van der Waals surface area contributed by atoms with Gasteiger partial charge < -0.3 is 4.42 Å². The maximum Gasteiger partial charge on any atom is 0.326 e. The lowest BCUT2D eigenvalue weighted by Crippen LogP contribution is -2.47. The van der Waals surface area contributed by atoms with Gasteiger partial charge in [0.05, 0.1) is 0 Å². The van der Waals surface area contributed by atoms with Crippen molar-refractivity contribution in [1.82, 2.24) is 20.4 Å². The monoisotopic (exact) mass is 380 g/mol. The van der Waals surface area contributed by atoms with Crippen LogP contribution in [0.2, 0.25) is 0 Å². The smallest absolute Gasteiger partial charge is 0.326 e. The second-order valence-electron chi connectivity index (χ2n) is 5.95. The molecule has 0 unspecified atom stereocenters. The maximum absolute atomic E-state index is 13.1. The molecule has 3 amide bonds. The fraction of sp³-hybridized carbons (Fsp3) is 0.158. The van der Waals surface area contributed by atoms with E-state index in [0.29, 0.717) is 16.3 Å². The van der Waals surface area contributed by atoms with E-state index in [-0.39, 0.29) is 12.4 Å². The summed E-state index contributed by atoms with van der Waals surface area (Å²) >= 11 is 1.32. The molecule has 0 saturated carbocycles. The highest BCUT2D eigenvalue weighted by molar-refractivity contribution is 7.98. The van der Waals surface area contributed by atoms with Crippen LogP contribution in [-0.2, 0) is 16.9 Å². The number of nitrogens with one attached hydrogen (secondary N) is 1. The van der Waals surface area contributed by atoms with Crippen molar-refractivity contribution in [1.29, 1.82) is 0 Å². The minimum Gasteiger partial charge on any atom is -0.414 e. The highest BCUT2D eigenvalue weighted by atomic mass is 32.2. The van der Waals surface area contributed by atoms with E-state index in [1.807, 2.05) is 66.9 Å². The van der Waals surface area contributed by atoms with Crippen LogP contribution in [-0.4, -0.2) is 33.3 Å². The number of aromatic nitrogens is 2. The number of thioether (sulfide) groups is 1. The third-order valence-corrected chi connectivity index (χ3v) is 5.01. The molecular weight excluding hydrogens is 364 g/mol. The van der Waals surface area contributed by atoms with Crippen LogP contribution >= 0.6 is 11.8 Å². The molecular formula is C19H16N4O3S. The van der Waals surface area contributed by atoms with E-state index in [9.17, 15) is 9.59 Å². The molecule has 3 aromatic rings. The van der Waals surface area contributed by atoms with Crippen molar-refractivity contribution < 1.29 is 14.0 Å². The maximum atomic E-state index is 13.1. The third kappa shape index (κ3) is 2.78. The molecule has 1 saturated heterocycles. The van der Waals surface area contributed by atoms with Crippen molar-refractivity contribution in [3.05, 3.63) is 77.7 Å². The molecule has 0 bridgehead atoms. The molecule has 136 valence electrons. The Morgan fingerprint density at radius 2 is 1.59 bits per heavy atom. The molecule has 8 heteroatoms. The molecule has 2 aromatic carbocycles. The quantitative estimate of drug-likeness (QED) is 0.541. The number of benzene rings is 2. The zero-order chi connectivity index (χ0) is 18.9. The third-order valence-electron chi connectivity index (χ3n) is 4.50. The van der Waals surface area contributed by atoms with E-state index in [1.54, 1.807) is 0 Å². The van der Waals surface area contributed by atoms with Gasteiger partial charge in [-0.15, -0.1) is 10.2 Å². The topological polar surface area (TPSA) is 88.3 Å². The van der Waals surface area contributed by atoms with Gasteiger partial charge in [-0.2, -0.15) is 0 Å². The normalized spacial score (nSPS) is 15.8. The van der Waals surface area contributed by atoms with Crippen LogP contribution in [0.5, 0.6) is 0 Å². The number of hydrogen-bond acceptors (Lipinski definition) is 6. The first-order chi connectivity index (χ1) is 13.2. The van der Waals surface area contributed by atoms with Gasteiger partial charge in [0.15, 0.2) is 5.54 Å². The largest absolute Gasteiger partial charge is 0.414 e. The van der Waals surface area contributed by atoms with Crippen LogP contribution in [0, 0.1) is 0 Å². The molecule has 27 heavy (non-hydrogen) atoms. The number of urea groups is 1. The number of carbonyl (C=O) groups excluding carboxylic acids is 2. The summed E-state index contributed by atoms with van der Waals surface area (Å²) in [6.45, 7) is 0.00885. The van der Waals surface area contributed by atoms with Crippen LogP contribution in [0.4, 0.5) is 4.79 Å². The van der Waals surface area contributed by atoms with Gasteiger partial charge in [0.2, 0.25) is 5.89 Å². The summed E-state index contributed by atoms with van der Waals surface area (Å²) in [4.78, 5) is 27.3. The SMILES string of the molecule is CSc1nnc(CN2C(=O)NC(=O)C2(c2ccccc2)c2ccccc2)o1. The Hall–Kier alpha value is -3.13. The number of imide groups is 1. The number of hydrogen-bond donors (Lipinski definition) is 1. The Labute approximate surface area is 159 Å². The van der Waals surface area contributed by atoms with Gasteiger partial charge in [-0.3, -0.25) is 15.0 Å². The van der Waals surface area contributed by atoms with Crippen LogP contribution in [0.15, 0.2) is 70.3 Å². The lowest BCUT2D eigenvalue weighted by Gasteiger charge is -2.35. The molecule has 1 aliphatic heterocycles. The summed E-state index contributed by atoms with van der Waals surface area (Å²) in [6, 6.07) is 17.9. The second-order valence-corrected chi connectivity index (χ2v) is 6.71. The highest BCUT2D eigenvalue weighted by Crippen LogP contribution is 2.40. The molecule has 0 radical (unpaired) electrons. The summed E-state index contributed by atoms with van der Waals surface area (Å²) in [5.74, 6) is -0.144. The molecule has 7 nitrogen and oxygen atoms in total. The summed E-state index contributed by atoms with van der Waals surface area (Å²) in [5, 5.41) is 10.8. The minimum absolute atomic E-state index is 0.00885. The van der Waals surface area contributed by atoms with Gasteiger partial charge >= 0.3 is 6.03 Å². The van der Waals surface area contributed by atoms with E-state index in [0.717, 1.165) is 0 Å². The van der Waals surface area contributed by atoms with Gasteiger partial charge in [-0.05, 0) is 17.4 Å². The molecule has 1 N–H and O–H groups in total. The van der Waals surface area contributed by atoms with Gasteiger partial charge in [-0.1, -0.05) is 72.4 Å². The Balaban J connectivity index is 1.88. The van der Waals surface area contributed by atoms with Gasteiger partial charge in [-0.25, -0.2) is 4.79 Å². The zero-order valence-electron chi connectivity index (χ0n) is 14.5.